The Labute approximate surface area is 189 Å². The van der Waals surface area contributed by atoms with Gasteiger partial charge in [0.05, 0.1) is 22.4 Å². The van der Waals surface area contributed by atoms with Crippen LogP contribution in [0.15, 0.2) is 36.4 Å². The lowest BCUT2D eigenvalue weighted by molar-refractivity contribution is -0.384. The molecule has 0 aliphatic carbocycles. The van der Waals surface area contributed by atoms with Crippen molar-refractivity contribution in [1.29, 1.82) is 0 Å². The lowest BCUT2D eigenvalue weighted by Crippen LogP contribution is -2.54. The summed E-state index contributed by atoms with van der Waals surface area (Å²) >= 11 is 0. The van der Waals surface area contributed by atoms with E-state index in [1.165, 1.54) is 18.2 Å². The smallest absolute Gasteiger partial charge is 0.269 e. The number of carbonyl (C=O) groups is 3. The summed E-state index contributed by atoms with van der Waals surface area (Å²) in [6.07, 6.45) is 1.59. The van der Waals surface area contributed by atoms with E-state index >= 15 is 0 Å². The summed E-state index contributed by atoms with van der Waals surface area (Å²) in [6, 6.07) is 9.60. The van der Waals surface area contributed by atoms with Gasteiger partial charge in [0, 0.05) is 29.4 Å². The van der Waals surface area contributed by atoms with Crippen LogP contribution in [0.25, 0.3) is 0 Å². The van der Waals surface area contributed by atoms with Gasteiger partial charge in [0.2, 0.25) is 17.7 Å². The Hall–Kier alpha value is -3.59. The number of fused-ring (bicyclic) bond motifs is 7. The van der Waals surface area contributed by atoms with Crippen molar-refractivity contribution in [2.75, 3.05) is 16.8 Å². The van der Waals surface area contributed by atoms with Crippen molar-refractivity contribution < 1.29 is 19.3 Å². The number of imide groups is 1. The minimum absolute atomic E-state index is 0.103. The second-order valence-electron chi connectivity index (χ2n) is 9.36. The van der Waals surface area contributed by atoms with Crippen molar-refractivity contribution in [3.05, 3.63) is 63.2 Å². The molecular weight excluding hydrogens is 424 g/mol. The number of non-ortho nitro benzene ring substituents is 1. The van der Waals surface area contributed by atoms with Crippen molar-refractivity contribution >= 4 is 34.8 Å². The maximum absolute atomic E-state index is 14.0. The fourth-order valence-corrected chi connectivity index (χ4v) is 6.62. The van der Waals surface area contributed by atoms with E-state index in [0.29, 0.717) is 17.8 Å². The number of nitro benzene ring substituents is 1. The molecule has 1 N–H and O–H groups in total. The van der Waals surface area contributed by atoms with Crippen molar-refractivity contribution in [2.45, 2.75) is 38.3 Å². The van der Waals surface area contributed by atoms with Crippen molar-refractivity contribution in [3.8, 4) is 0 Å². The molecule has 1 spiro atoms. The molecule has 2 aromatic carbocycles. The Morgan fingerprint density at radius 2 is 1.88 bits per heavy atom. The standard InChI is InChI=1S/C24H22N4O5/c1-12-5-3-6-15-20(12)25-23(31)24(15)19-18(17-7-4-10-26(17)24)21(29)27(22(19)30)16-9-8-14(28(32)33)11-13(16)2/h3,5-6,8-9,11,17-19H,4,7,10H2,1-2H3,(H,25,31)/t17-,18+,19+,24-/m0/s1. The number of hydrogen-bond donors (Lipinski definition) is 1. The molecule has 0 unspecified atom stereocenters. The molecule has 3 saturated heterocycles. The van der Waals surface area contributed by atoms with Crippen LogP contribution in [0.2, 0.25) is 0 Å². The summed E-state index contributed by atoms with van der Waals surface area (Å²) in [7, 11) is 0. The molecule has 3 amide bonds. The highest BCUT2D eigenvalue weighted by atomic mass is 16.6. The van der Waals surface area contributed by atoms with Crippen molar-refractivity contribution in [1.82, 2.24) is 4.90 Å². The largest absolute Gasteiger partial charge is 0.324 e. The minimum atomic E-state index is -1.22. The molecule has 2 aromatic rings. The van der Waals surface area contributed by atoms with Gasteiger partial charge in [0.15, 0.2) is 0 Å². The number of rotatable bonds is 2. The fraction of sp³-hybridized carbons (Fsp3) is 0.375. The number of carbonyl (C=O) groups excluding carboxylic acids is 3. The van der Waals surface area contributed by atoms with Crippen molar-refractivity contribution in [2.24, 2.45) is 11.8 Å². The zero-order valence-corrected chi connectivity index (χ0v) is 18.2. The van der Waals surface area contributed by atoms with Gasteiger partial charge in [-0.05, 0) is 50.4 Å². The molecule has 0 radical (unpaired) electrons. The number of amides is 3. The number of nitrogens with one attached hydrogen (secondary N) is 1. The summed E-state index contributed by atoms with van der Waals surface area (Å²) < 4.78 is 0. The lowest BCUT2D eigenvalue weighted by atomic mass is 9.75. The highest BCUT2D eigenvalue weighted by molar-refractivity contribution is 6.26. The number of nitrogens with zero attached hydrogens (tertiary/aromatic N) is 3. The summed E-state index contributed by atoms with van der Waals surface area (Å²) in [5.74, 6) is -2.47. The number of hydrogen-bond acceptors (Lipinski definition) is 6. The van der Waals surface area contributed by atoms with E-state index in [2.05, 4.69) is 10.2 Å². The maximum atomic E-state index is 14.0. The quantitative estimate of drug-likeness (QED) is 0.431. The summed E-state index contributed by atoms with van der Waals surface area (Å²) in [5.41, 5.74) is 1.88. The van der Waals surface area contributed by atoms with Crippen LogP contribution < -0.4 is 10.2 Å². The third-order valence-corrected chi connectivity index (χ3v) is 7.87. The molecule has 6 rings (SSSR count). The van der Waals surface area contributed by atoms with Crippen LogP contribution in [0.4, 0.5) is 17.1 Å². The Bertz CT molecular complexity index is 1290. The average molecular weight is 446 g/mol. The molecule has 4 atom stereocenters. The Morgan fingerprint density at radius 3 is 2.61 bits per heavy atom. The number of anilines is 2. The molecule has 4 aliphatic heterocycles. The second kappa shape index (κ2) is 6.48. The molecule has 9 heteroatoms. The number of benzene rings is 2. The topological polar surface area (TPSA) is 113 Å². The number of para-hydroxylation sites is 1. The zero-order valence-electron chi connectivity index (χ0n) is 18.2. The summed E-state index contributed by atoms with van der Waals surface area (Å²) in [6.45, 7) is 4.21. The number of aryl methyl sites for hydroxylation is 2. The SMILES string of the molecule is Cc1cc([N+](=O)[O-])ccc1N1C(=O)[C@@H]2[C@@H]3CCCN3[C@]3(C(=O)Nc4c(C)cccc43)[C@H]2C1=O. The van der Waals surface area contributed by atoms with Gasteiger partial charge in [-0.1, -0.05) is 18.2 Å². The third kappa shape index (κ3) is 2.27. The predicted octanol–water partition coefficient (Wildman–Crippen LogP) is 2.64. The molecule has 0 bridgehead atoms. The molecule has 3 fully saturated rings. The highest BCUT2D eigenvalue weighted by Crippen LogP contribution is 2.61. The van der Waals surface area contributed by atoms with E-state index in [4.69, 9.17) is 0 Å². The van der Waals surface area contributed by atoms with E-state index < -0.39 is 28.2 Å². The van der Waals surface area contributed by atoms with Crippen LogP contribution in [0.5, 0.6) is 0 Å². The molecule has 0 aromatic heterocycles. The van der Waals surface area contributed by atoms with Gasteiger partial charge in [0.1, 0.15) is 5.54 Å². The van der Waals surface area contributed by atoms with Crippen LogP contribution in [0, 0.1) is 35.8 Å². The van der Waals surface area contributed by atoms with Crippen LogP contribution >= 0.6 is 0 Å². The maximum Gasteiger partial charge on any atom is 0.269 e. The van der Waals surface area contributed by atoms with Gasteiger partial charge in [0.25, 0.3) is 5.69 Å². The zero-order chi connectivity index (χ0) is 23.2. The first-order valence-corrected chi connectivity index (χ1v) is 11.1. The van der Waals surface area contributed by atoms with Gasteiger partial charge < -0.3 is 5.32 Å². The normalized spacial score (nSPS) is 30.1. The van der Waals surface area contributed by atoms with E-state index in [1.807, 2.05) is 25.1 Å². The molecule has 0 saturated carbocycles. The van der Waals surface area contributed by atoms with Gasteiger partial charge in [-0.15, -0.1) is 0 Å². The molecule has 33 heavy (non-hydrogen) atoms. The summed E-state index contributed by atoms with van der Waals surface area (Å²) in [5, 5.41) is 14.2. The minimum Gasteiger partial charge on any atom is -0.324 e. The highest BCUT2D eigenvalue weighted by Gasteiger charge is 2.74. The first-order valence-electron chi connectivity index (χ1n) is 11.1. The first kappa shape index (κ1) is 20.0. The average Bonchev–Trinajstić information content (AvgIpc) is 3.48. The molecule has 168 valence electrons. The molecular formula is C24H22N4O5. The van der Waals surface area contributed by atoms with E-state index in [9.17, 15) is 24.5 Å². The molecule has 4 heterocycles. The van der Waals surface area contributed by atoms with Gasteiger partial charge >= 0.3 is 0 Å². The third-order valence-electron chi connectivity index (χ3n) is 7.87. The van der Waals surface area contributed by atoms with Crippen molar-refractivity contribution in [3.63, 3.8) is 0 Å². The monoisotopic (exact) mass is 446 g/mol. The number of nitro groups is 1. The van der Waals surface area contributed by atoms with Crippen LogP contribution in [0.3, 0.4) is 0 Å². The van der Waals surface area contributed by atoms with E-state index in [1.54, 1.807) is 6.92 Å². The van der Waals surface area contributed by atoms with Gasteiger partial charge in [-0.25, -0.2) is 4.90 Å². The van der Waals surface area contributed by atoms with Gasteiger partial charge in [-0.3, -0.25) is 29.4 Å². The van der Waals surface area contributed by atoms with E-state index in [0.717, 1.165) is 34.6 Å². The second-order valence-corrected chi connectivity index (χ2v) is 9.36. The molecule has 4 aliphatic rings. The fourth-order valence-electron chi connectivity index (χ4n) is 6.62. The van der Waals surface area contributed by atoms with Crippen LogP contribution in [0.1, 0.15) is 29.5 Å². The van der Waals surface area contributed by atoms with Gasteiger partial charge in [-0.2, -0.15) is 0 Å². The van der Waals surface area contributed by atoms with Crippen LogP contribution in [-0.4, -0.2) is 40.1 Å². The Balaban J connectivity index is 1.53. The Morgan fingerprint density at radius 1 is 1.09 bits per heavy atom. The summed E-state index contributed by atoms with van der Waals surface area (Å²) in [4.78, 5) is 55.3. The molecule has 9 nitrogen and oxygen atoms in total. The Kier molecular flexibility index (Phi) is 3.93. The van der Waals surface area contributed by atoms with Crippen LogP contribution in [-0.2, 0) is 19.9 Å². The predicted molar refractivity (Wildman–Crippen MR) is 119 cm³/mol. The first-order chi connectivity index (χ1) is 15.8. The van der Waals surface area contributed by atoms with E-state index in [-0.39, 0.29) is 23.5 Å². The lowest BCUT2D eigenvalue weighted by Gasteiger charge is -2.36.